The molecule has 300 valence electrons. The fourth-order valence-corrected chi connectivity index (χ4v) is 10.8. The average Bonchev–Trinajstić information content (AvgIpc) is 3.86. The molecule has 0 radical (unpaired) electrons. The smallest absolute Gasteiger partial charge is 0.132 e. The van der Waals surface area contributed by atoms with Gasteiger partial charge in [0, 0.05) is 44.5 Å². The number of hydrogen-bond donors (Lipinski definition) is 0. The maximum atomic E-state index is 6.91. The van der Waals surface area contributed by atoms with E-state index in [2.05, 4.69) is 252 Å². The molecule has 1 unspecified atom stereocenters. The Morgan fingerprint density at radius 1 is 0.359 bits per heavy atom. The highest BCUT2D eigenvalue weighted by Gasteiger charge is 2.52. The van der Waals surface area contributed by atoms with Gasteiger partial charge in [0.25, 0.3) is 0 Å². The van der Waals surface area contributed by atoms with Crippen LogP contribution in [0.2, 0.25) is 0 Å². The monoisotopic (exact) mass is 816 g/mol. The van der Waals surface area contributed by atoms with Gasteiger partial charge in [0.15, 0.2) is 0 Å². The van der Waals surface area contributed by atoms with Crippen molar-refractivity contribution in [3.63, 3.8) is 0 Å². The third-order valence-electron chi connectivity index (χ3n) is 13.4. The molecule has 1 aliphatic carbocycles. The first kappa shape index (κ1) is 36.3. The van der Waals surface area contributed by atoms with E-state index in [4.69, 9.17) is 4.74 Å². The molecule has 64 heavy (non-hydrogen) atoms. The third-order valence-corrected chi connectivity index (χ3v) is 13.4. The minimum absolute atomic E-state index is 0.661. The highest BCUT2D eigenvalue weighted by atomic mass is 16.5. The molecular weight excluding hydrogens is 777 g/mol. The number of benzene rings is 10. The predicted molar refractivity (Wildman–Crippen MR) is 264 cm³/mol. The van der Waals surface area contributed by atoms with Crippen LogP contribution in [-0.2, 0) is 5.41 Å². The molecule has 1 aromatic heterocycles. The zero-order chi connectivity index (χ0) is 42.2. The molecule has 0 saturated heterocycles. The highest BCUT2D eigenvalue weighted by Crippen LogP contribution is 2.64. The van der Waals surface area contributed by atoms with Crippen LogP contribution in [0.5, 0.6) is 11.5 Å². The van der Waals surface area contributed by atoms with Crippen LogP contribution in [0.4, 0.5) is 17.1 Å². The lowest BCUT2D eigenvalue weighted by Gasteiger charge is -2.39. The summed E-state index contributed by atoms with van der Waals surface area (Å²) >= 11 is 0. The molecule has 2 heterocycles. The molecule has 10 aromatic carbocycles. The molecule has 0 fully saturated rings. The number of rotatable bonds is 6. The summed E-state index contributed by atoms with van der Waals surface area (Å²) in [7, 11) is 0. The van der Waals surface area contributed by atoms with Crippen LogP contribution in [0, 0.1) is 0 Å². The van der Waals surface area contributed by atoms with Gasteiger partial charge in [-0.3, -0.25) is 0 Å². The highest BCUT2D eigenvalue weighted by molar-refractivity contribution is 6.09. The van der Waals surface area contributed by atoms with Crippen molar-refractivity contribution in [1.82, 2.24) is 4.57 Å². The van der Waals surface area contributed by atoms with E-state index >= 15 is 0 Å². The SMILES string of the molecule is c1ccc(-c2ccc(N(c3ccccc3)c3cccc4c3-c3ccccc3C43c4ccccc4Oc4ccc(-c5cccc(-n6c7ccccc7c7ccccc76)c5)cc43)cc2)cc1. The number of aromatic nitrogens is 1. The van der Waals surface area contributed by atoms with Crippen molar-refractivity contribution in [2.75, 3.05) is 4.90 Å². The first-order valence-electron chi connectivity index (χ1n) is 22.0. The summed E-state index contributed by atoms with van der Waals surface area (Å²) in [6.45, 7) is 0. The van der Waals surface area contributed by atoms with Gasteiger partial charge < -0.3 is 14.2 Å². The van der Waals surface area contributed by atoms with Crippen molar-refractivity contribution in [1.29, 1.82) is 0 Å². The van der Waals surface area contributed by atoms with Crippen LogP contribution < -0.4 is 9.64 Å². The molecule has 13 rings (SSSR count). The van der Waals surface area contributed by atoms with E-state index in [0.29, 0.717) is 0 Å². The maximum absolute atomic E-state index is 6.91. The summed E-state index contributed by atoms with van der Waals surface area (Å²) in [5, 5.41) is 2.51. The minimum atomic E-state index is -0.661. The van der Waals surface area contributed by atoms with E-state index in [0.717, 1.165) is 56.5 Å². The van der Waals surface area contributed by atoms with Gasteiger partial charge >= 0.3 is 0 Å². The molecule has 11 aromatic rings. The summed E-state index contributed by atoms with van der Waals surface area (Å²) in [6.07, 6.45) is 0. The van der Waals surface area contributed by atoms with Gasteiger partial charge in [-0.1, -0.05) is 170 Å². The van der Waals surface area contributed by atoms with Crippen molar-refractivity contribution in [2.45, 2.75) is 5.41 Å². The maximum Gasteiger partial charge on any atom is 0.132 e. The fourth-order valence-electron chi connectivity index (χ4n) is 10.8. The van der Waals surface area contributed by atoms with Gasteiger partial charge in [0.1, 0.15) is 11.5 Å². The van der Waals surface area contributed by atoms with Crippen LogP contribution >= 0.6 is 0 Å². The second-order valence-electron chi connectivity index (χ2n) is 16.8. The lowest BCUT2D eigenvalue weighted by atomic mass is 9.65. The summed E-state index contributed by atoms with van der Waals surface area (Å²) < 4.78 is 9.31. The van der Waals surface area contributed by atoms with Crippen LogP contribution in [0.1, 0.15) is 22.3 Å². The Balaban J connectivity index is 1.03. The van der Waals surface area contributed by atoms with Gasteiger partial charge in [0.2, 0.25) is 0 Å². The lowest BCUT2D eigenvalue weighted by molar-refractivity contribution is 0.436. The van der Waals surface area contributed by atoms with Gasteiger partial charge in [-0.05, 0) is 112 Å². The molecule has 3 heteroatoms. The lowest BCUT2D eigenvalue weighted by Crippen LogP contribution is -2.32. The van der Waals surface area contributed by atoms with Crippen LogP contribution in [0.25, 0.3) is 60.9 Å². The molecule has 0 saturated carbocycles. The number of anilines is 3. The summed E-state index contributed by atoms with van der Waals surface area (Å²) in [5.74, 6) is 1.74. The first-order valence-corrected chi connectivity index (χ1v) is 22.0. The molecule has 1 aliphatic heterocycles. The Hall–Kier alpha value is -8.40. The second kappa shape index (κ2) is 14.3. The topological polar surface area (TPSA) is 17.4 Å². The zero-order valence-electron chi connectivity index (χ0n) is 34.9. The minimum Gasteiger partial charge on any atom is -0.457 e. The normalized spacial score (nSPS) is 14.4. The van der Waals surface area contributed by atoms with Gasteiger partial charge in [0.05, 0.1) is 22.1 Å². The molecule has 0 bridgehead atoms. The Morgan fingerprint density at radius 3 is 1.69 bits per heavy atom. The molecule has 0 amide bonds. The largest absolute Gasteiger partial charge is 0.457 e. The average molecular weight is 817 g/mol. The number of hydrogen-bond acceptors (Lipinski definition) is 2. The molecule has 2 aliphatic rings. The quantitative estimate of drug-likeness (QED) is 0.166. The third kappa shape index (κ3) is 5.34. The zero-order valence-corrected chi connectivity index (χ0v) is 34.9. The first-order chi connectivity index (χ1) is 31.8. The molecule has 3 nitrogen and oxygen atoms in total. The second-order valence-corrected chi connectivity index (χ2v) is 16.8. The molecular formula is C61H40N2O. The van der Waals surface area contributed by atoms with E-state index in [-0.39, 0.29) is 0 Å². The van der Waals surface area contributed by atoms with Crippen molar-refractivity contribution in [3.8, 4) is 50.6 Å². The van der Waals surface area contributed by atoms with Gasteiger partial charge in [-0.15, -0.1) is 0 Å². The van der Waals surface area contributed by atoms with E-state index in [9.17, 15) is 0 Å². The summed E-state index contributed by atoms with van der Waals surface area (Å²) in [4.78, 5) is 2.42. The van der Waals surface area contributed by atoms with Crippen molar-refractivity contribution >= 4 is 38.9 Å². The van der Waals surface area contributed by atoms with Gasteiger partial charge in [-0.2, -0.15) is 0 Å². The molecule has 1 atom stereocenters. The van der Waals surface area contributed by atoms with E-state index < -0.39 is 5.41 Å². The van der Waals surface area contributed by atoms with Crippen LogP contribution in [-0.4, -0.2) is 4.57 Å². The van der Waals surface area contributed by atoms with Crippen molar-refractivity contribution < 1.29 is 4.74 Å². The van der Waals surface area contributed by atoms with E-state index in [1.807, 2.05) is 0 Å². The van der Waals surface area contributed by atoms with Crippen molar-refractivity contribution in [2.24, 2.45) is 0 Å². The number of fused-ring (bicyclic) bond motifs is 12. The van der Waals surface area contributed by atoms with Crippen molar-refractivity contribution in [3.05, 3.63) is 265 Å². The number of ether oxygens (including phenoxy) is 1. The number of nitrogens with zero attached hydrogens (tertiary/aromatic N) is 2. The molecule has 1 spiro atoms. The van der Waals surface area contributed by atoms with E-state index in [1.54, 1.807) is 0 Å². The molecule has 0 N–H and O–H groups in total. The van der Waals surface area contributed by atoms with Crippen LogP contribution in [0.15, 0.2) is 243 Å². The fraction of sp³-hybridized carbons (Fsp3) is 0.0164. The standard InChI is InChI=1S/C61H40N2O/c1-3-17-41(18-4-1)42-33-36-46(37-34-42)62(45-20-5-2-6-21-45)57-31-16-28-53-60(57)50-25-7-10-26-51(50)61(53)52-27-11-14-32-58(52)64-59-38-35-44(40-54(59)61)43-19-15-22-47(39-43)63-55-29-12-8-23-48(55)49-24-9-13-30-56(49)63/h1-40H. The summed E-state index contributed by atoms with van der Waals surface area (Å²) in [5.41, 5.74) is 18.0. The van der Waals surface area contributed by atoms with E-state index in [1.165, 1.54) is 55.2 Å². The van der Waals surface area contributed by atoms with Crippen LogP contribution in [0.3, 0.4) is 0 Å². The Labute approximate surface area is 372 Å². The Bertz CT molecular complexity index is 3540. The Kier molecular flexibility index (Phi) is 8.13. The number of para-hydroxylation sites is 4. The predicted octanol–water partition coefficient (Wildman–Crippen LogP) is 16.1. The van der Waals surface area contributed by atoms with Gasteiger partial charge in [-0.25, -0.2) is 0 Å². The Morgan fingerprint density at radius 2 is 0.906 bits per heavy atom. The summed E-state index contributed by atoms with van der Waals surface area (Å²) in [6, 6.07) is 88.1.